The SMILES string of the molecule is CCCCCCCCS(=O)(=O)N(CCC(C)C)CC(=O)N(Cc1ccccc1)Cc1coc2ccc(C)cc2c1=O. The number of hydrogen-bond acceptors (Lipinski definition) is 5. The van der Waals surface area contributed by atoms with Crippen molar-refractivity contribution in [2.45, 2.75) is 85.7 Å². The van der Waals surface area contributed by atoms with Crippen molar-refractivity contribution < 1.29 is 17.6 Å². The summed E-state index contributed by atoms with van der Waals surface area (Å²) in [7, 11) is -3.62. The van der Waals surface area contributed by atoms with Gasteiger partial charge in [0, 0.05) is 13.1 Å². The van der Waals surface area contributed by atoms with Crippen LogP contribution in [-0.2, 0) is 27.9 Å². The summed E-state index contributed by atoms with van der Waals surface area (Å²) >= 11 is 0. The second-order valence-electron chi connectivity index (χ2n) is 11.4. The largest absolute Gasteiger partial charge is 0.464 e. The van der Waals surface area contributed by atoms with E-state index in [4.69, 9.17) is 4.42 Å². The summed E-state index contributed by atoms with van der Waals surface area (Å²) in [6.45, 7) is 8.46. The van der Waals surface area contributed by atoms with E-state index in [1.54, 1.807) is 17.0 Å². The number of sulfonamides is 1. The van der Waals surface area contributed by atoms with Crippen molar-refractivity contribution in [3.63, 3.8) is 0 Å². The highest BCUT2D eigenvalue weighted by atomic mass is 32.2. The van der Waals surface area contributed by atoms with Gasteiger partial charge in [0.2, 0.25) is 15.9 Å². The lowest BCUT2D eigenvalue weighted by Gasteiger charge is -2.28. The molecular formula is C33H46N2O5S. The first-order valence-electron chi connectivity index (χ1n) is 14.9. The molecule has 41 heavy (non-hydrogen) atoms. The summed E-state index contributed by atoms with van der Waals surface area (Å²) in [5.74, 6) is -0.00704. The molecule has 0 radical (unpaired) electrons. The minimum Gasteiger partial charge on any atom is -0.464 e. The van der Waals surface area contributed by atoms with E-state index in [0.717, 1.165) is 43.2 Å². The van der Waals surface area contributed by atoms with E-state index >= 15 is 0 Å². The second-order valence-corrected chi connectivity index (χ2v) is 13.5. The monoisotopic (exact) mass is 582 g/mol. The Morgan fingerprint density at radius 2 is 1.66 bits per heavy atom. The molecule has 1 heterocycles. The van der Waals surface area contributed by atoms with Gasteiger partial charge in [-0.15, -0.1) is 0 Å². The molecule has 0 aliphatic carbocycles. The van der Waals surface area contributed by atoms with Crippen LogP contribution in [-0.4, -0.2) is 42.4 Å². The molecule has 0 spiro atoms. The third-order valence-electron chi connectivity index (χ3n) is 7.35. The molecule has 0 bridgehead atoms. The van der Waals surface area contributed by atoms with Gasteiger partial charge < -0.3 is 9.32 Å². The zero-order valence-corrected chi connectivity index (χ0v) is 25.9. The molecule has 0 unspecified atom stereocenters. The second kappa shape index (κ2) is 15.9. The summed E-state index contributed by atoms with van der Waals surface area (Å²) in [6.07, 6.45) is 7.96. The predicted molar refractivity (Wildman–Crippen MR) is 166 cm³/mol. The average molecular weight is 583 g/mol. The summed E-state index contributed by atoms with van der Waals surface area (Å²) in [5.41, 5.74) is 2.50. The van der Waals surface area contributed by atoms with Gasteiger partial charge in [-0.25, -0.2) is 8.42 Å². The predicted octanol–water partition coefficient (Wildman–Crippen LogP) is 6.67. The Kier molecular flexibility index (Phi) is 12.6. The molecule has 1 amide bonds. The molecule has 0 aliphatic rings. The average Bonchev–Trinajstić information content (AvgIpc) is 2.94. The maximum absolute atomic E-state index is 13.8. The van der Waals surface area contributed by atoms with Crippen LogP contribution in [0.15, 0.2) is 64.0 Å². The molecule has 2 aromatic carbocycles. The maximum atomic E-state index is 13.8. The number of benzene rings is 2. The van der Waals surface area contributed by atoms with Crippen LogP contribution >= 0.6 is 0 Å². The van der Waals surface area contributed by atoms with Crippen LogP contribution < -0.4 is 5.43 Å². The highest BCUT2D eigenvalue weighted by Gasteiger charge is 2.27. The number of hydrogen-bond donors (Lipinski definition) is 0. The quantitative estimate of drug-likeness (QED) is 0.166. The molecule has 7 nitrogen and oxygen atoms in total. The van der Waals surface area contributed by atoms with Crippen molar-refractivity contribution in [1.82, 2.24) is 9.21 Å². The van der Waals surface area contributed by atoms with Gasteiger partial charge in [0.05, 0.1) is 36.1 Å². The van der Waals surface area contributed by atoms with Gasteiger partial charge in [-0.1, -0.05) is 94.8 Å². The molecule has 0 N–H and O–H groups in total. The van der Waals surface area contributed by atoms with Crippen molar-refractivity contribution >= 4 is 26.9 Å². The Morgan fingerprint density at radius 1 is 0.951 bits per heavy atom. The molecule has 3 rings (SSSR count). The van der Waals surface area contributed by atoms with Crippen molar-refractivity contribution in [2.75, 3.05) is 18.8 Å². The Balaban J connectivity index is 1.84. The van der Waals surface area contributed by atoms with Crippen LogP contribution in [0.2, 0.25) is 0 Å². The van der Waals surface area contributed by atoms with E-state index < -0.39 is 10.0 Å². The molecule has 0 saturated carbocycles. The van der Waals surface area contributed by atoms with Crippen LogP contribution in [0.3, 0.4) is 0 Å². The Labute approximate surface area is 245 Å². The molecule has 0 saturated heterocycles. The lowest BCUT2D eigenvalue weighted by Crippen LogP contribution is -2.44. The third kappa shape index (κ3) is 10.1. The number of unbranched alkanes of at least 4 members (excludes halogenated alkanes) is 5. The number of carbonyl (C=O) groups is 1. The molecule has 0 atom stereocenters. The number of amides is 1. The molecule has 0 fully saturated rings. The fourth-order valence-electron chi connectivity index (χ4n) is 4.80. The number of fused-ring (bicyclic) bond motifs is 1. The number of nitrogens with zero attached hydrogens (tertiary/aromatic N) is 2. The topological polar surface area (TPSA) is 87.9 Å². The molecule has 3 aromatic rings. The van der Waals surface area contributed by atoms with Crippen molar-refractivity contribution in [3.05, 3.63) is 81.7 Å². The Morgan fingerprint density at radius 3 is 2.37 bits per heavy atom. The van der Waals surface area contributed by atoms with E-state index in [2.05, 4.69) is 6.92 Å². The summed E-state index contributed by atoms with van der Waals surface area (Å²) in [4.78, 5) is 28.7. The van der Waals surface area contributed by atoms with Crippen LogP contribution in [0.4, 0.5) is 0 Å². The fourth-order valence-corrected chi connectivity index (χ4v) is 6.32. The minimum atomic E-state index is -3.62. The molecule has 8 heteroatoms. The molecular weight excluding hydrogens is 536 g/mol. The van der Waals surface area contributed by atoms with Gasteiger partial charge >= 0.3 is 0 Å². The highest BCUT2D eigenvalue weighted by Crippen LogP contribution is 2.17. The summed E-state index contributed by atoms with van der Waals surface area (Å²) < 4.78 is 34.0. The van der Waals surface area contributed by atoms with Crippen LogP contribution in [0.5, 0.6) is 0 Å². The van der Waals surface area contributed by atoms with Crippen LogP contribution in [0.25, 0.3) is 11.0 Å². The first-order valence-corrected chi connectivity index (χ1v) is 16.5. The van der Waals surface area contributed by atoms with Crippen molar-refractivity contribution in [3.8, 4) is 0 Å². The van der Waals surface area contributed by atoms with Gasteiger partial charge in [-0.05, 0) is 43.4 Å². The standard InChI is InChI=1S/C33H46N2O5S/c1-5-6-7-8-9-13-20-41(38,39)35(19-18-26(2)3)24-32(36)34(22-28-14-11-10-12-15-28)23-29-25-40-31-17-16-27(4)21-30(31)33(29)37/h10-12,14-17,21,25-26H,5-9,13,18-20,22-24H2,1-4H3. The van der Waals surface area contributed by atoms with Crippen LogP contribution in [0.1, 0.15) is 82.4 Å². The minimum absolute atomic E-state index is 0.0233. The van der Waals surface area contributed by atoms with E-state index in [1.807, 2.05) is 57.2 Å². The van der Waals surface area contributed by atoms with E-state index in [1.165, 1.54) is 10.6 Å². The van der Waals surface area contributed by atoms with E-state index in [9.17, 15) is 18.0 Å². The molecule has 1 aromatic heterocycles. The summed E-state index contributed by atoms with van der Waals surface area (Å²) in [6, 6.07) is 15.0. The van der Waals surface area contributed by atoms with E-state index in [-0.39, 0.29) is 43.3 Å². The number of aryl methyl sites for hydroxylation is 1. The maximum Gasteiger partial charge on any atom is 0.238 e. The van der Waals surface area contributed by atoms with Crippen molar-refractivity contribution in [1.29, 1.82) is 0 Å². The molecule has 224 valence electrons. The zero-order valence-electron chi connectivity index (χ0n) is 25.1. The highest BCUT2D eigenvalue weighted by molar-refractivity contribution is 7.89. The van der Waals surface area contributed by atoms with Gasteiger partial charge in [-0.2, -0.15) is 4.31 Å². The third-order valence-corrected chi connectivity index (χ3v) is 9.25. The smallest absolute Gasteiger partial charge is 0.238 e. The van der Waals surface area contributed by atoms with Gasteiger partial charge in [0.25, 0.3) is 0 Å². The first-order chi connectivity index (χ1) is 19.6. The Bertz CT molecular complexity index is 1420. The van der Waals surface area contributed by atoms with Crippen molar-refractivity contribution in [2.24, 2.45) is 5.92 Å². The van der Waals surface area contributed by atoms with Gasteiger partial charge in [-0.3, -0.25) is 9.59 Å². The lowest BCUT2D eigenvalue weighted by atomic mass is 10.1. The van der Waals surface area contributed by atoms with E-state index in [0.29, 0.717) is 35.3 Å². The Hall–Kier alpha value is -2.97. The normalized spacial score (nSPS) is 12.0. The number of carbonyl (C=O) groups excluding carboxylic acids is 1. The van der Waals surface area contributed by atoms with Crippen LogP contribution in [0, 0.1) is 12.8 Å². The van der Waals surface area contributed by atoms with Gasteiger partial charge in [0.1, 0.15) is 5.58 Å². The lowest BCUT2D eigenvalue weighted by molar-refractivity contribution is -0.132. The van der Waals surface area contributed by atoms with Gasteiger partial charge in [0.15, 0.2) is 5.43 Å². The fraction of sp³-hybridized carbons (Fsp3) is 0.515. The molecule has 0 aliphatic heterocycles. The summed E-state index contributed by atoms with van der Waals surface area (Å²) in [5, 5.41) is 0.467. The number of rotatable bonds is 17. The zero-order chi connectivity index (χ0) is 29.8. The first kappa shape index (κ1) is 32.5.